The van der Waals surface area contributed by atoms with E-state index in [1.807, 2.05) is 30.3 Å². The van der Waals surface area contributed by atoms with Gasteiger partial charge in [0.05, 0.1) is 5.76 Å². The monoisotopic (exact) mass is 647 g/mol. The Labute approximate surface area is 221 Å². The first-order valence-electron chi connectivity index (χ1n) is 11.3. The first-order chi connectivity index (χ1) is 16.0. The van der Waals surface area contributed by atoms with Crippen LogP contribution in [0.15, 0.2) is 70.8 Å². The molecule has 2 aromatic carbocycles. The van der Waals surface area contributed by atoms with Gasteiger partial charge in [-0.1, -0.05) is 64.1 Å². The number of hydrogen-bond donors (Lipinski definition) is 1. The van der Waals surface area contributed by atoms with E-state index in [9.17, 15) is 4.79 Å². The maximum absolute atomic E-state index is 10.0. The molecule has 0 atom stereocenters. The van der Waals surface area contributed by atoms with Crippen LogP contribution in [0.4, 0.5) is 0 Å². The summed E-state index contributed by atoms with van der Waals surface area (Å²) in [4.78, 5) is 14.9. The van der Waals surface area contributed by atoms with Gasteiger partial charge in [-0.05, 0) is 37.9 Å². The van der Waals surface area contributed by atoms with E-state index in [0.717, 1.165) is 44.8 Å². The number of furan rings is 1. The minimum absolute atomic E-state index is 0. The van der Waals surface area contributed by atoms with Gasteiger partial charge >= 0.3 is 0 Å². The average molecular weight is 647 g/mol. The van der Waals surface area contributed by atoms with Gasteiger partial charge in [0.25, 0.3) is 0 Å². The molecule has 4 nitrogen and oxygen atoms in total. The summed E-state index contributed by atoms with van der Waals surface area (Å²) in [5.74, 6) is 0.825. The third-order valence-electron chi connectivity index (χ3n) is 5.36. The van der Waals surface area contributed by atoms with Crippen LogP contribution in [-0.2, 0) is 30.3 Å². The van der Waals surface area contributed by atoms with E-state index in [2.05, 4.69) is 65.0 Å². The van der Waals surface area contributed by atoms with Crippen molar-refractivity contribution in [1.29, 1.82) is 0 Å². The fraction of sp³-hybridized carbons (Fsp3) is 0.267. The van der Waals surface area contributed by atoms with Gasteiger partial charge in [-0.2, -0.15) is 0 Å². The van der Waals surface area contributed by atoms with E-state index >= 15 is 0 Å². The summed E-state index contributed by atoms with van der Waals surface area (Å²) in [6.45, 7) is 13.7. The maximum atomic E-state index is 10.0. The number of carbonyl (C=O) groups excluding carboxylic acids is 1. The van der Waals surface area contributed by atoms with E-state index in [-0.39, 0.29) is 37.1 Å². The molecule has 2 heterocycles. The normalized spacial score (nSPS) is 11.5. The second-order valence-electron chi connectivity index (χ2n) is 9.58. The van der Waals surface area contributed by atoms with Crippen LogP contribution in [0, 0.1) is 19.9 Å². The van der Waals surface area contributed by atoms with Crippen molar-refractivity contribution in [1.82, 2.24) is 4.98 Å². The first-order valence-corrected chi connectivity index (χ1v) is 11.3. The molecular weight excluding hydrogens is 615 g/mol. The maximum Gasteiger partial charge on any atom is 0.155 e. The summed E-state index contributed by atoms with van der Waals surface area (Å²) >= 11 is 0. The topological polar surface area (TPSA) is 63.3 Å². The van der Waals surface area contributed by atoms with Crippen molar-refractivity contribution < 1.29 is 34.4 Å². The van der Waals surface area contributed by atoms with Gasteiger partial charge in [0.1, 0.15) is 11.3 Å². The van der Waals surface area contributed by atoms with Gasteiger partial charge in [0.15, 0.2) is 11.4 Å². The Hall–Kier alpha value is -3.01. The largest absolute Gasteiger partial charge is 0.512 e. The van der Waals surface area contributed by atoms with Crippen LogP contribution in [0.5, 0.6) is 0 Å². The van der Waals surface area contributed by atoms with Crippen molar-refractivity contribution >= 4 is 16.9 Å². The van der Waals surface area contributed by atoms with Crippen LogP contribution in [0.25, 0.3) is 33.7 Å². The summed E-state index contributed by atoms with van der Waals surface area (Å²) in [5, 5.41) is 8.36. The molecule has 0 bridgehead atoms. The quantitative estimate of drug-likeness (QED) is 0.140. The molecule has 0 fully saturated rings. The molecule has 2 aromatic heterocycles. The predicted molar refractivity (Wildman–Crippen MR) is 139 cm³/mol. The number of ketones is 1. The van der Waals surface area contributed by atoms with Crippen LogP contribution in [0.1, 0.15) is 51.3 Å². The Morgan fingerprint density at radius 1 is 1.03 bits per heavy atom. The number of rotatable bonds is 3. The summed E-state index contributed by atoms with van der Waals surface area (Å²) in [7, 11) is 0. The number of fused-ring (bicyclic) bond motifs is 1. The zero-order valence-electron chi connectivity index (χ0n) is 21.3. The number of aliphatic hydroxyl groups excluding tert-OH is 1. The van der Waals surface area contributed by atoms with E-state index in [1.165, 1.54) is 25.5 Å². The summed E-state index contributed by atoms with van der Waals surface area (Å²) in [6.07, 6.45) is 1.17. The molecule has 4 rings (SSSR count). The predicted octanol–water partition coefficient (Wildman–Crippen LogP) is 7.91. The molecular formula is C30H32IrNO3-. The van der Waals surface area contributed by atoms with E-state index in [1.54, 1.807) is 0 Å². The van der Waals surface area contributed by atoms with Crippen LogP contribution < -0.4 is 0 Å². The van der Waals surface area contributed by atoms with Crippen LogP contribution >= 0.6 is 0 Å². The molecule has 35 heavy (non-hydrogen) atoms. The number of aryl methyl sites for hydroxylation is 2. The van der Waals surface area contributed by atoms with Gasteiger partial charge in [0, 0.05) is 37.3 Å². The summed E-state index contributed by atoms with van der Waals surface area (Å²) < 4.78 is 6.10. The van der Waals surface area contributed by atoms with Crippen LogP contribution in [-0.4, -0.2) is 15.9 Å². The van der Waals surface area contributed by atoms with E-state index in [0.29, 0.717) is 0 Å². The zero-order valence-corrected chi connectivity index (χ0v) is 23.7. The van der Waals surface area contributed by atoms with Gasteiger partial charge < -0.3 is 9.52 Å². The Kier molecular flexibility index (Phi) is 9.37. The molecule has 185 valence electrons. The molecule has 0 aliphatic carbocycles. The van der Waals surface area contributed by atoms with E-state index < -0.39 is 0 Å². The van der Waals surface area contributed by atoms with Crippen LogP contribution in [0.2, 0.25) is 0 Å². The van der Waals surface area contributed by atoms with Crippen LogP contribution in [0.3, 0.4) is 0 Å². The number of hydrogen-bond acceptors (Lipinski definition) is 4. The summed E-state index contributed by atoms with van der Waals surface area (Å²) in [6, 6.07) is 22.1. The number of pyridine rings is 1. The number of aromatic nitrogens is 1. The molecule has 0 amide bonds. The van der Waals surface area contributed by atoms with Crippen molar-refractivity contribution in [3.63, 3.8) is 0 Å². The third kappa shape index (κ3) is 7.24. The smallest absolute Gasteiger partial charge is 0.155 e. The number of benzene rings is 2. The molecule has 5 heteroatoms. The molecule has 1 radical (unpaired) electrons. The molecule has 0 aliphatic heterocycles. The van der Waals surface area contributed by atoms with Gasteiger partial charge in [-0.3, -0.25) is 9.78 Å². The number of carbonyl (C=O) groups is 1. The molecule has 0 saturated carbocycles. The summed E-state index contributed by atoms with van der Waals surface area (Å²) in [5.41, 5.74) is 8.36. The van der Waals surface area contributed by atoms with Crippen molar-refractivity contribution in [2.45, 2.75) is 53.9 Å². The van der Waals surface area contributed by atoms with Gasteiger partial charge in [0.2, 0.25) is 0 Å². The molecule has 0 spiro atoms. The number of aliphatic hydroxyl groups is 1. The zero-order chi connectivity index (χ0) is 25.0. The fourth-order valence-electron chi connectivity index (χ4n) is 3.69. The second-order valence-corrected chi connectivity index (χ2v) is 9.58. The minimum atomic E-state index is -0.125. The second kappa shape index (κ2) is 11.6. The first kappa shape index (κ1) is 28.2. The Balaban J connectivity index is 0.000000476. The molecule has 0 unspecified atom stereocenters. The van der Waals surface area contributed by atoms with Crippen molar-refractivity contribution in [2.24, 2.45) is 0 Å². The number of allylic oxidation sites excluding steroid dienone is 2. The minimum Gasteiger partial charge on any atom is -0.512 e. The van der Waals surface area contributed by atoms with E-state index in [4.69, 9.17) is 14.5 Å². The molecule has 4 aromatic rings. The van der Waals surface area contributed by atoms with Gasteiger partial charge in [-0.25, -0.2) is 0 Å². The third-order valence-corrected chi connectivity index (χ3v) is 5.36. The van der Waals surface area contributed by atoms with Crippen molar-refractivity contribution in [3.8, 4) is 22.6 Å². The molecule has 1 N–H and O–H groups in total. The molecule has 0 aliphatic rings. The average Bonchev–Trinajstić information content (AvgIpc) is 3.09. The van der Waals surface area contributed by atoms with Crippen molar-refractivity contribution in [3.05, 3.63) is 89.2 Å². The SMILES string of the molecule is CC(=O)/C=C(/C)O.Cc1[c-]c(-c2ccc3oc(-c4ccccc4)c(C)c3n2)cc(C(C)(C)C)c1.[Ir]. The standard InChI is InChI=1S/C25H24NO.C5H8O2.Ir/c1-16-13-19(15-20(14-16)25(3,4)5)21-11-12-22-23(26-21)17(2)24(27-22)18-9-7-6-8-10-18;1-4(6)3-5(2)7;/h6-12,14-15H,1-5H3;3,6H,1-2H3;/q-1;;/b;4-3-;. The fourth-order valence-corrected chi connectivity index (χ4v) is 3.69. The Morgan fingerprint density at radius 2 is 1.69 bits per heavy atom. The van der Waals surface area contributed by atoms with Crippen molar-refractivity contribution in [2.75, 3.05) is 0 Å². The van der Waals surface area contributed by atoms with Gasteiger partial charge in [-0.15, -0.1) is 34.9 Å². The number of nitrogens with zero attached hydrogens (tertiary/aromatic N) is 1. The Bertz CT molecular complexity index is 1340. The molecule has 0 saturated heterocycles. The Morgan fingerprint density at radius 3 is 2.23 bits per heavy atom.